The number of allylic oxidation sites excluding steroid dienone is 4. The third kappa shape index (κ3) is 20.8. The molecule has 1 N–H and O–H groups in total. The Labute approximate surface area is 187 Å². The van der Waals surface area contributed by atoms with Crippen LogP contribution in [0.25, 0.3) is 5.73 Å². The minimum absolute atomic E-state index is 0. The second-order valence-corrected chi connectivity index (χ2v) is 8.60. The quantitative estimate of drug-likeness (QED) is 0.312. The number of nitrogens with one attached hydrogen (secondary N) is 1. The van der Waals surface area contributed by atoms with Gasteiger partial charge < -0.3 is 30.5 Å². The van der Waals surface area contributed by atoms with Crippen molar-refractivity contribution in [3.8, 4) is 0 Å². The smallest absolute Gasteiger partial charge is 1.00 e. The van der Waals surface area contributed by atoms with Gasteiger partial charge in [-0.25, -0.2) is 18.1 Å². The maximum atomic E-state index is 6.95. The summed E-state index contributed by atoms with van der Waals surface area (Å²) in [6.45, 7) is 7.04. The predicted octanol–water partition coefficient (Wildman–Crippen LogP) is 1.42. The van der Waals surface area contributed by atoms with Crippen molar-refractivity contribution >= 4 is 3.81 Å². The molecule has 1 unspecified atom stereocenters. The van der Waals surface area contributed by atoms with Gasteiger partial charge in [-0.2, -0.15) is 6.54 Å². The molecule has 4 heteroatoms. The molecule has 26 heavy (non-hydrogen) atoms. The number of halogens is 2. The molecule has 1 saturated carbocycles. The molecule has 1 atom stereocenters. The van der Waals surface area contributed by atoms with E-state index < -0.39 is 0 Å². The maximum Gasteiger partial charge on any atom is -1.00 e. The molecule has 0 aromatic rings. The molecule has 0 heterocycles. The molecular weight excluding hydrogens is 397 g/mol. The molecule has 2 aliphatic rings. The van der Waals surface area contributed by atoms with Crippen LogP contribution in [0.2, 0.25) is 0 Å². The van der Waals surface area contributed by atoms with Crippen LogP contribution in [0, 0.1) is 12.3 Å². The van der Waals surface area contributed by atoms with Crippen LogP contribution in [0.15, 0.2) is 23.8 Å². The van der Waals surface area contributed by atoms with E-state index >= 15 is 0 Å². The second kappa shape index (κ2) is 23.5. The molecule has 2 rings (SSSR count). The van der Waals surface area contributed by atoms with Gasteiger partial charge in [0.25, 0.3) is 0 Å². The monoisotopic (exact) mass is 435 g/mol. The minimum atomic E-state index is 0. The van der Waals surface area contributed by atoms with Gasteiger partial charge in [-0.1, -0.05) is 64.7 Å². The Bertz CT molecular complexity index is 355. The van der Waals surface area contributed by atoms with Gasteiger partial charge >= 0.3 is 37.6 Å². The summed E-state index contributed by atoms with van der Waals surface area (Å²) in [5, 5.41) is 0. The van der Waals surface area contributed by atoms with Gasteiger partial charge in [0, 0.05) is 0 Å². The van der Waals surface area contributed by atoms with E-state index in [1.54, 1.807) is 5.57 Å². The Kier molecular flexibility index (Phi) is 28.2. The van der Waals surface area contributed by atoms with E-state index in [1.165, 1.54) is 68.0 Å². The van der Waals surface area contributed by atoms with Crippen molar-refractivity contribution in [2.24, 2.45) is 5.92 Å². The topological polar surface area (TPSA) is 23.8 Å². The first-order chi connectivity index (χ1) is 11.6. The van der Waals surface area contributed by atoms with Gasteiger partial charge in [0.2, 0.25) is 0 Å². The van der Waals surface area contributed by atoms with E-state index in [9.17, 15) is 0 Å². The van der Waals surface area contributed by atoms with Crippen molar-refractivity contribution in [1.29, 1.82) is 0 Å². The molecule has 152 valence electrons. The van der Waals surface area contributed by atoms with Gasteiger partial charge in [0.05, 0.1) is 0 Å². The van der Waals surface area contributed by atoms with Gasteiger partial charge in [0.1, 0.15) is 0 Å². The van der Waals surface area contributed by atoms with E-state index in [2.05, 4.69) is 65.4 Å². The average molecular weight is 436 g/mol. The van der Waals surface area contributed by atoms with E-state index in [4.69, 9.17) is 5.73 Å². The van der Waals surface area contributed by atoms with E-state index in [1.807, 2.05) is 0 Å². The molecule has 1 nitrogen and oxygen atoms in total. The first-order valence-corrected chi connectivity index (χ1v) is 10.8. The van der Waals surface area contributed by atoms with Crippen LogP contribution in [-0.2, 0) is 20.0 Å². The summed E-state index contributed by atoms with van der Waals surface area (Å²) in [5.41, 5.74) is 8.53. The number of hydrogen-bond donors (Lipinski definition) is 0. The molecule has 0 aromatic carbocycles. The number of rotatable bonds is 8. The standard InChI is InChI=1S/C10H22N.C9H11.C3H6.2ClH.Ti/c1-2-3-4-5-6-7-8-9-10-11;1-2-5-9-7-3-6-8(9)4-1;1-3-2;;;/h11H,2-10H2,1H3;1-2,4,6,9H,3,5,7H2;1-2H3;2*1H;/q2*-1;;;;+2/p-2. The van der Waals surface area contributed by atoms with Crippen molar-refractivity contribution in [2.45, 2.75) is 91.4 Å². The third-order valence-corrected chi connectivity index (χ3v) is 4.24. The van der Waals surface area contributed by atoms with Crippen LogP contribution < -0.4 is 24.8 Å². The first-order valence-electron chi connectivity index (χ1n) is 9.98. The minimum Gasteiger partial charge on any atom is -1.00 e. The Morgan fingerprint density at radius 1 is 1.08 bits per heavy atom. The Morgan fingerprint density at radius 3 is 2.12 bits per heavy atom. The summed E-state index contributed by atoms with van der Waals surface area (Å²) in [7, 11) is 0. The number of unbranched alkanes of at least 4 members (excludes halogenated alkanes) is 7. The van der Waals surface area contributed by atoms with E-state index in [0.29, 0.717) is 6.54 Å². The van der Waals surface area contributed by atoms with E-state index in [0.717, 1.165) is 12.3 Å². The van der Waals surface area contributed by atoms with Crippen molar-refractivity contribution in [1.82, 2.24) is 0 Å². The van der Waals surface area contributed by atoms with Crippen molar-refractivity contribution in [2.75, 3.05) is 6.54 Å². The molecule has 1 fully saturated rings. The average Bonchev–Trinajstić information content (AvgIpc) is 3.03. The summed E-state index contributed by atoms with van der Waals surface area (Å²) in [6.07, 6.45) is 23.7. The Hall–Kier alpha value is 0.474. The normalized spacial score (nSPS) is 16.2. The summed E-state index contributed by atoms with van der Waals surface area (Å²) < 4.78 is 1.42. The number of fused-ring (bicyclic) bond motifs is 1. The Balaban J connectivity index is -0.000000320. The number of hydrogen-bond acceptors (Lipinski definition) is 0. The molecule has 0 saturated heterocycles. The maximum absolute atomic E-state index is 6.95. The predicted molar refractivity (Wildman–Crippen MR) is 107 cm³/mol. The van der Waals surface area contributed by atoms with Crippen molar-refractivity contribution in [3.63, 3.8) is 0 Å². The third-order valence-electron chi connectivity index (χ3n) is 4.24. The largest absolute Gasteiger partial charge is 1.00 e. The zero-order valence-corrected chi connectivity index (χ0v) is 20.2. The SMILES string of the molecule is C1=CCC2CC[CH-]C2=C1.CCCCCCCCCC[NH-].C[C](C)=[Ti+2].[Cl-].[Cl-]. The molecule has 0 aromatic heterocycles. The molecular formula is C22H39Cl2NTi-2. The fourth-order valence-corrected chi connectivity index (χ4v) is 2.92. The van der Waals surface area contributed by atoms with Crippen LogP contribution >= 0.6 is 0 Å². The fourth-order valence-electron chi connectivity index (χ4n) is 2.92. The van der Waals surface area contributed by atoms with Crippen molar-refractivity contribution < 1.29 is 44.8 Å². The molecule has 0 radical (unpaired) electrons. The molecule has 0 amide bonds. The summed E-state index contributed by atoms with van der Waals surface area (Å²) in [5.74, 6) is 0.884. The zero-order valence-electron chi connectivity index (χ0n) is 17.1. The Morgan fingerprint density at radius 2 is 1.62 bits per heavy atom. The van der Waals surface area contributed by atoms with Crippen molar-refractivity contribution in [3.05, 3.63) is 36.0 Å². The van der Waals surface area contributed by atoms with Crippen LogP contribution in [0.5, 0.6) is 0 Å². The molecule has 0 aliphatic heterocycles. The van der Waals surface area contributed by atoms with Gasteiger partial charge in [-0.3, -0.25) is 0 Å². The summed E-state index contributed by atoms with van der Waals surface area (Å²) >= 11 is 2.08. The summed E-state index contributed by atoms with van der Waals surface area (Å²) in [6, 6.07) is 0. The van der Waals surface area contributed by atoms with Gasteiger partial charge in [0.15, 0.2) is 0 Å². The first kappa shape index (κ1) is 31.2. The van der Waals surface area contributed by atoms with E-state index in [-0.39, 0.29) is 24.8 Å². The van der Waals surface area contributed by atoms with Crippen LogP contribution in [0.1, 0.15) is 91.4 Å². The summed E-state index contributed by atoms with van der Waals surface area (Å²) in [4.78, 5) is 0. The van der Waals surface area contributed by atoms with Gasteiger partial charge in [-0.05, 0) is 12.3 Å². The zero-order chi connectivity index (χ0) is 18.0. The fraction of sp³-hybridized carbons (Fsp3) is 0.727. The van der Waals surface area contributed by atoms with Crippen LogP contribution in [0.3, 0.4) is 0 Å². The molecule has 2 aliphatic carbocycles. The van der Waals surface area contributed by atoms with Gasteiger partial charge in [-0.15, -0.1) is 18.6 Å². The molecule has 0 bridgehead atoms. The van der Waals surface area contributed by atoms with Crippen LogP contribution in [0.4, 0.5) is 0 Å². The van der Waals surface area contributed by atoms with Crippen LogP contribution in [-0.4, -0.2) is 10.4 Å². The molecule has 0 spiro atoms. The second-order valence-electron chi connectivity index (χ2n) is 7.03.